The van der Waals surface area contributed by atoms with Crippen LogP contribution in [0.5, 0.6) is 0 Å². The topological polar surface area (TPSA) is 49.4 Å². The third-order valence-corrected chi connectivity index (χ3v) is 7.42. The number of rotatable bonds is 4. The normalized spacial score (nSPS) is 24.2. The SMILES string of the molecule is CNCc1ccc(S(=O)(=O)N2CC(C)SC(C)C2)c(Br)c1. The maximum Gasteiger partial charge on any atom is 0.244 e. The van der Waals surface area contributed by atoms with E-state index in [1.54, 1.807) is 10.4 Å². The van der Waals surface area contributed by atoms with E-state index < -0.39 is 10.0 Å². The number of nitrogens with one attached hydrogen (secondary N) is 1. The number of halogens is 1. The molecule has 1 aromatic carbocycles. The van der Waals surface area contributed by atoms with Crippen LogP contribution in [0.4, 0.5) is 0 Å². The molecule has 1 heterocycles. The molecule has 2 atom stereocenters. The maximum absolute atomic E-state index is 12.8. The summed E-state index contributed by atoms with van der Waals surface area (Å²) in [7, 11) is -1.57. The number of hydrogen-bond acceptors (Lipinski definition) is 4. The predicted octanol–water partition coefficient (Wildman–Crippen LogP) is 2.68. The minimum absolute atomic E-state index is 0.325. The molecule has 1 aromatic rings. The second-order valence-corrected chi connectivity index (χ2v) is 10.0. The first-order valence-corrected chi connectivity index (χ1v) is 10.1. The molecule has 1 saturated heterocycles. The van der Waals surface area contributed by atoms with Crippen LogP contribution in [-0.2, 0) is 16.6 Å². The van der Waals surface area contributed by atoms with Gasteiger partial charge in [-0.25, -0.2) is 8.42 Å². The largest absolute Gasteiger partial charge is 0.316 e. The van der Waals surface area contributed by atoms with Crippen molar-refractivity contribution in [1.29, 1.82) is 0 Å². The van der Waals surface area contributed by atoms with Crippen molar-refractivity contribution in [1.82, 2.24) is 9.62 Å². The molecule has 21 heavy (non-hydrogen) atoms. The van der Waals surface area contributed by atoms with Gasteiger partial charge in [0.15, 0.2) is 0 Å². The molecule has 0 bridgehead atoms. The minimum atomic E-state index is -3.44. The van der Waals surface area contributed by atoms with E-state index in [-0.39, 0.29) is 0 Å². The second-order valence-electron chi connectivity index (χ2n) is 5.37. The smallest absolute Gasteiger partial charge is 0.244 e. The molecule has 0 aromatic heterocycles. The van der Waals surface area contributed by atoms with Gasteiger partial charge in [0.1, 0.15) is 0 Å². The van der Waals surface area contributed by atoms with E-state index in [0.717, 1.165) is 5.56 Å². The van der Waals surface area contributed by atoms with Crippen molar-refractivity contribution in [2.24, 2.45) is 0 Å². The molecule has 1 aliphatic rings. The first-order chi connectivity index (χ1) is 9.84. The summed E-state index contributed by atoms with van der Waals surface area (Å²) in [5, 5.41) is 3.71. The van der Waals surface area contributed by atoms with Gasteiger partial charge in [-0.2, -0.15) is 16.1 Å². The highest BCUT2D eigenvalue weighted by Gasteiger charge is 2.33. The van der Waals surface area contributed by atoms with Gasteiger partial charge < -0.3 is 5.32 Å². The Morgan fingerprint density at radius 1 is 1.33 bits per heavy atom. The molecule has 0 aliphatic carbocycles. The molecule has 0 amide bonds. The molecule has 0 saturated carbocycles. The van der Waals surface area contributed by atoms with Gasteiger partial charge in [-0.05, 0) is 40.7 Å². The predicted molar refractivity (Wildman–Crippen MR) is 92.2 cm³/mol. The van der Waals surface area contributed by atoms with Crippen LogP contribution in [0, 0.1) is 0 Å². The first-order valence-electron chi connectivity index (χ1n) is 6.93. The third-order valence-electron chi connectivity index (χ3n) is 3.38. The summed E-state index contributed by atoms with van der Waals surface area (Å²) in [5.41, 5.74) is 1.05. The van der Waals surface area contributed by atoms with Gasteiger partial charge in [0.25, 0.3) is 0 Å². The molecule has 1 fully saturated rings. The van der Waals surface area contributed by atoms with Crippen LogP contribution in [0.1, 0.15) is 19.4 Å². The Kier molecular flexibility index (Phi) is 5.76. The summed E-state index contributed by atoms with van der Waals surface area (Å²) in [4.78, 5) is 0.355. The van der Waals surface area contributed by atoms with Gasteiger partial charge in [-0.1, -0.05) is 19.9 Å². The van der Waals surface area contributed by atoms with Crippen molar-refractivity contribution in [2.45, 2.75) is 35.8 Å². The summed E-state index contributed by atoms with van der Waals surface area (Å²) in [6.07, 6.45) is 0. The van der Waals surface area contributed by atoms with Crippen LogP contribution in [0.15, 0.2) is 27.6 Å². The van der Waals surface area contributed by atoms with Crippen LogP contribution in [-0.4, -0.2) is 43.4 Å². The van der Waals surface area contributed by atoms with Crippen LogP contribution >= 0.6 is 27.7 Å². The number of benzene rings is 1. The van der Waals surface area contributed by atoms with Gasteiger partial charge in [-0.3, -0.25) is 0 Å². The molecular formula is C14H21BrN2O2S2. The van der Waals surface area contributed by atoms with E-state index in [1.807, 2.05) is 30.9 Å². The average Bonchev–Trinajstić information content (AvgIpc) is 2.37. The average molecular weight is 393 g/mol. The fourth-order valence-electron chi connectivity index (χ4n) is 2.53. The fourth-order valence-corrected chi connectivity index (χ4v) is 6.75. The van der Waals surface area contributed by atoms with Crippen LogP contribution in [0.25, 0.3) is 0 Å². The Morgan fingerprint density at radius 2 is 1.95 bits per heavy atom. The molecule has 0 spiro atoms. The van der Waals surface area contributed by atoms with Gasteiger partial charge in [0.05, 0.1) is 4.90 Å². The molecule has 0 radical (unpaired) electrons. The Bertz CT molecular complexity index is 597. The number of nitrogens with zero attached hydrogens (tertiary/aromatic N) is 1. The van der Waals surface area contributed by atoms with Crippen molar-refractivity contribution in [3.05, 3.63) is 28.2 Å². The van der Waals surface area contributed by atoms with Crippen molar-refractivity contribution in [2.75, 3.05) is 20.1 Å². The lowest BCUT2D eigenvalue weighted by Crippen LogP contribution is -2.44. The third kappa shape index (κ3) is 4.01. The minimum Gasteiger partial charge on any atom is -0.316 e. The Balaban J connectivity index is 2.31. The van der Waals surface area contributed by atoms with Crippen molar-refractivity contribution >= 4 is 37.7 Å². The lowest BCUT2D eigenvalue weighted by Gasteiger charge is -2.33. The Hall–Kier alpha value is -0.0800. The summed E-state index contributed by atoms with van der Waals surface area (Å²) < 4.78 is 27.9. The zero-order chi connectivity index (χ0) is 15.6. The Labute approximate surface area is 139 Å². The van der Waals surface area contributed by atoms with Gasteiger partial charge in [-0.15, -0.1) is 0 Å². The van der Waals surface area contributed by atoms with Crippen molar-refractivity contribution < 1.29 is 8.42 Å². The number of thioether (sulfide) groups is 1. The Morgan fingerprint density at radius 3 is 2.48 bits per heavy atom. The summed E-state index contributed by atoms with van der Waals surface area (Å²) >= 11 is 5.25. The molecule has 1 N–H and O–H groups in total. The van der Waals surface area contributed by atoms with E-state index in [1.165, 1.54) is 0 Å². The van der Waals surface area contributed by atoms with Crippen LogP contribution in [0.2, 0.25) is 0 Å². The van der Waals surface area contributed by atoms with Crippen molar-refractivity contribution in [3.8, 4) is 0 Å². The monoisotopic (exact) mass is 392 g/mol. The molecule has 1 aliphatic heterocycles. The molecular weight excluding hydrogens is 372 g/mol. The van der Waals surface area contributed by atoms with Gasteiger partial charge in [0, 0.05) is 34.6 Å². The molecule has 2 rings (SSSR count). The van der Waals surface area contributed by atoms with Gasteiger partial charge >= 0.3 is 0 Å². The second kappa shape index (κ2) is 7.00. The zero-order valence-corrected chi connectivity index (χ0v) is 15.7. The summed E-state index contributed by atoms with van der Waals surface area (Å²) in [6.45, 7) is 6.01. The highest BCUT2D eigenvalue weighted by Crippen LogP contribution is 2.31. The fraction of sp³-hybridized carbons (Fsp3) is 0.571. The zero-order valence-electron chi connectivity index (χ0n) is 12.5. The summed E-state index contributed by atoms with van der Waals surface area (Å²) in [5.74, 6) is 0. The van der Waals surface area contributed by atoms with Crippen LogP contribution in [0.3, 0.4) is 0 Å². The molecule has 2 unspecified atom stereocenters. The van der Waals surface area contributed by atoms with Crippen LogP contribution < -0.4 is 5.32 Å². The molecule has 118 valence electrons. The lowest BCUT2D eigenvalue weighted by atomic mass is 10.2. The number of sulfonamides is 1. The molecule has 7 heteroatoms. The van der Waals surface area contributed by atoms with Crippen molar-refractivity contribution in [3.63, 3.8) is 0 Å². The van der Waals surface area contributed by atoms with E-state index >= 15 is 0 Å². The summed E-state index contributed by atoms with van der Waals surface area (Å²) in [6, 6.07) is 5.43. The van der Waals surface area contributed by atoms with E-state index in [4.69, 9.17) is 0 Å². The standard InChI is InChI=1S/C14H21BrN2O2S2/c1-10-8-17(9-11(2)20-10)21(18,19)14-5-4-12(7-16-3)6-13(14)15/h4-6,10-11,16H,7-9H2,1-3H3. The maximum atomic E-state index is 12.8. The lowest BCUT2D eigenvalue weighted by molar-refractivity contribution is 0.404. The first kappa shape index (κ1) is 17.3. The van der Waals surface area contributed by atoms with E-state index in [9.17, 15) is 8.42 Å². The molecule has 4 nitrogen and oxygen atoms in total. The number of hydrogen-bond donors (Lipinski definition) is 1. The highest BCUT2D eigenvalue weighted by atomic mass is 79.9. The van der Waals surface area contributed by atoms with Gasteiger partial charge in [0.2, 0.25) is 10.0 Å². The quantitative estimate of drug-likeness (QED) is 0.855. The highest BCUT2D eigenvalue weighted by molar-refractivity contribution is 9.10. The van der Waals surface area contributed by atoms with E-state index in [0.29, 0.717) is 39.5 Å². The van der Waals surface area contributed by atoms with E-state index in [2.05, 4.69) is 35.1 Å².